The van der Waals surface area contributed by atoms with Crippen LogP contribution in [0.4, 0.5) is 0 Å². The molecule has 3 unspecified atom stereocenters. The van der Waals surface area contributed by atoms with Gasteiger partial charge in [-0.2, -0.15) is 0 Å². The highest BCUT2D eigenvalue weighted by Crippen LogP contribution is 2.23. The topological polar surface area (TPSA) is 66.6 Å². The molecule has 1 heterocycles. The molecule has 88 valence electrons. The highest BCUT2D eigenvalue weighted by atomic mass is 16.4. The van der Waals surface area contributed by atoms with Gasteiger partial charge >= 0.3 is 5.97 Å². The van der Waals surface area contributed by atoms with Gasteiger partial charge in [0.05, 0.1) is 0 Å². The van der Waals surface area contributed by atoms with Gasteiger partial charge in [0.25, 0.3) is 0 Å². The molecular formula is C11H22N2O2. The van der Waals surface area contributed by atoms with Gasteiger partial charge in [-0.15, -0.1) is 0 Å². The minimum atomic E-state index is -1.13. The van der Waals surface area contributed by atoms with Crippen molar-refractivity contribution in [1.29, 1.82) is 0 Å². The molecule has 0 aromatic heterocycles. The molecule has 0 aromatic rings. The monoisotopic (exact) mass is 214 g/mol. The maximum Gasteiger partial charge on any atom is 0.324 e. The number of carbonyl (C=O) groups is 1. The van der Waals surface area contributed by atoms with Crippen LogP contribution in [0.1, 0.15) is 33.6 Å². The van der Waals surface area contributed by atoms with E-state index in [9.17, 15) is 4.79 Å². The standard InChI is InChI=1S/C11H22N2O2/c1-8-5-4-6-13(9(8)2)7-11(3,12)10(14)15/h8-9H,4-7,12H2,1-3H3,(H,14,15). The average Bonchev–Trinajstić information content (AvgIpc) is 2.12. The van der Waals surface area contributed by atoms with Crippen molar-refractivity contribution in [1.82, 2.24) is 4.90 Å². The lowest BCUT2D eigenvalue weighted by molar-refractivity contribution is -0.143. The van der Waals surface area contributed by atoms with Crippen LogP contribution >= 0.6 is 0 Å². The third-order valence-electron chi connectivity index (χ3n) is 3.52. The summed E-state index contributed by atoms with van der Waals surface area (Å²) in [7, 11) is 0. The van der Waals surface area contributed by atoms with E-state index in [2.05, 4.69) is 18.7 Å². The number of nitrogens with zero attached hydrogens (tertiary/aromatic N) is 1. The first-order valence-electron chi connectivity index (χ1n) is 5.61. The van der Waals surface area contributed by atoms with E-state index in [0.29, 0.717) is 18.5 Å². The maximum atomic E-state index is 10.9. The summed E-state index contributed by atoms with van der Waals surface area (Å²) >= 11 is 0. The molecule has 0 spiro atoms. The lowest BCUT2D eigenvalue weighted by Gasteiger charge is -2.40. The van der Waals surface area contributed by atoms with Crippen molar-refractivity contribution >= 4 is 5.97 Å². The first-order chi connectivity index (χ1) is 6.84. The van der Waals surface area contributed by atoms with E-state index >= 15 is 0 Å². The van der Waals surface area contributed by atoms with Crippen LogP contribution in [0.3, 0.4) is 0 Å². The van der Waals surface area contributed by atoms with Gasteiger partial charge in [0.2, 0.25) is 0 Å². The number of aliphatic carboxylic acids is 1. The van der Waals surface area contributed by atoms with Crippen molar-refractivity contribution in [2.75, 3.05) is 13.1 Å². The number of nitrogens with two attached hydrogens (primary N) is 1. The van der Waals surface area contributed by atoms with Crippen LogP contribution in [0.2, 0.25) is 0 Å². The fourth-order valence-electron chi connectivity index (χ4n) is 2.13. The van der Waals surface area contributed by atoms with E-state index < -0.39 is 11.5 Å². The molecule has 0 bridgehead atoms. The molecule has 1 fully saturated rings. The van der Waals surface area contributed by atoms with Crippen molar-refractivity contribution in [2.24, 2.45) is 11.7 Å². The van der Waals surface area contributed by atoms with Gasteiger partial charge in [0, 0.05) is 12.6 Å². The summed E-state index contributed by atoms with van der Waals surface area (Å²) in [6.07, 6.45) is 2.37. The Kier molecular flexibility index (Phi) is 3.73. The van der Waals surface area contributed by atoms with Crippen LogP contribution in [-0.4, -0.2) is 40.6 Å². The predicted molar refractivity (Wildman–Crippen MR) is 59.7 cm³/mol. The summed E-state index contributed by atoms with van der Waals surface area (Å²) in [6.45, 7) is 7.36. The van der Waals surface area contributed by atoms with E-state index in [1.165, 1.54) is 6.42 Å². The van der Waals surface area contributed by atoms with E-state index in [1.54, 1.807) is 6.92 Å². The van der Waals surface area contributed by atoms with Gasteiger partial charge in [-0.05, 0) is 39.2 Å². The summed E-state index contributed by atoms with van der Waals surface area (Å²) < 4.78 is 0. The maximum absolute atomic E-state index is 10.9. The molecule has 0 saturated carbocycles. The summed E-state index contributed by atoms with van der Waals surface area (Å²) in [6, 6.07) is 0.431. The number of carboxylic acids is 1. The second-order valence-electron chi connectivity index (χ2n) is 5.05. The zero-order valence-corrected chi connectivity index (χ0v) is 9.86. The molecule has 0 amide bonds. The number of likely N-dealkylation sites (tertiary alicyclic amines) is 1. The van der Waals surface area contributed by atoms with Crippen molar-refractivity contribution in [3.8, 4) is 0 Å². The molecule has 1 rings (SSSR count). The van der Waals surface area contributed by atoms with Crippen LogP contribution in [0.5, 0.6) is 0 Å². The molecule has 0 radical (unpaired) electrons. The van der Waals surface area contributed by atoms with Crippen molar-refractivity contribution in [3.05, 3.63) is 0 Å². The molecule has 1 aliphatic heterocycles. The zero-order chi connectivity index (χ0) is 11.6. The Bertz CT molecular complexity index is 241. The van der Waals surface area contributed by atoms with Crippen LogP contribution < -0.4 is 5.73 Å². The van der Waals surface area contributed by atoms with Gasteiger partial charge in [-0.1, -0.05) is 6.92 Å². The molecular weight excluding hydrogens is 192 g/mol. The lowest BCUT2D eigenvalue weighted by Crippen LogP contribution is -2.57. The Morgan fingerprint density at radius 1 is 1.60 bits per heavy atom. The Morgan fingerprint density at radius 3 is 2.73 bits per heavy atom. The Balaban J connectivity index is 2.61. The summed E-state index contributed by atoms with van der Waals surface area (Å²) in [5.41, 5.74) is 4.62. The second-order valence-corrected chi connectivity index (χ2v) is 5.05. The molecule has 0 aliphatic carbocycles. The second kappa shape index (κ2) is 4.49. The number of rotatable bonds is 3. The SMILES string of the molecule is CC1CCCN(CC(C)(N)C(=O)O)C1C. The Morgan fingerprint density at radius 2 is 2.20 bits per heavy atom. The summed E-state index contributed by atoms with van der Waals surface area (Å²) in [5, 5.41) is 8.97. The van der Waals surface area contributed by atoms with E-state index in [0.717, 1.165) is 13.0 Å². The molecule has 1 saturated heterocycles. The smallest absolute Gasteiger partial charge is 0.324 e. The number of piperidine rings is 1. The Hall–Kier alpha value is -0.610. The first kappa shape index (κ1) is 12.5. The van der Waals surface area contributed by atoms with Crippen molar-refractivity contribution in [2.45, 2.75) is 45.2 Å². The Labute approximate surface area is 91.4 Å². The predicted octanol–water partition coefficient (Wildman–Crippen LogP) is 0.909. The summed E-state index contributed by atoms with van der Waals surface area (Å²) in [4.78, 5) is 13.1. The lowest BCUT2D eigenvalue weighted by atomic mass is 9.90. The number of carboxylic acid groups (broad SMARTS) is 1. The molecule has 3 atom stereocenters. The highest BCUT2D eigenvalue weighted by Gasteiger charge is 2.34. The van der Waals surface area contributed by atoms with E-state index in [4.69, 9.17) is 10.8 Å². The fourth-order valence-corrected chi connectivity index (χ4v) is 2.13. The molecule has 0 aromatic carbocycles. The minimum absolute atomic E-state index is 0.431. The third-order valence-corrected chi connectivity index (χ3v) is 3.52. The fraction of sp³-hybridized carbons (Fsp3) is 0.909. The van der Waals surface area contributed by atoms with Crippen LogP contribution in [0.25, 0.3) is 0 Å². The summed E-state index contributed by atoms with van der Waals surface area (Å²) in [5.74, 6) is -0.295. The zero-order valence-electron chi connectivity index (χ0n) is 9.86. The van der Waals surface area contributed by atoms with Crippen LogP contribution in [0, 0.1) is 5.92 Å². The van der Waals surface area contributed by atoms with Crippen molar-refractivity contribution < 1.29 is 9.90 Å². The molecule has 1 aliphatic rings. The number of hydrogen-bond acceptors (Lipinski definition) is 3. The molecule has 4 nitrogen and oxygen atoms in total. The van der Waals surface area contributed by atoms with Crippen molar-refractivity contribution in [3.63, 3.8) is 0 Å². The van der Waals surface area contributed by atoms with Gasteiger partial charge in [0.1, 0.15) is 5.54 Å². The molecule has 4 heteroatoms. The first-order valence-corrected chi connectivity index (χ1v) is 5.61. The van der Waals surface area contributed by atoms with E-state index in [1.807, 2.05) is 0 Å². The molecule has 15 heavy (non-hydrogen) atoms. The molecule has 3 N–H and O–H groups in total. The third kappa shape index (κ3) is 2.92. The normalized spacial score (nSPS) is 32.3. The highest BCUT2D eigenvalue weighted by molar-refractivity contribution is 5.78. The van der Waals surface area contributed by atoms with E-state index in [-0.39, 0.29) is 0 Å². The van der Waals surface area contributed by atoms with Gasteiger partial charge in [0.15, 0.2) is 0 Å². The minimum Gasteiger partial charge on any atom is -0.480 e. The van der Waals surface area contributed by atoms with Gasteiger partial charge < -0.3 is 10.8 Å². The quantitative estimate of drug-likeness (QED) is 0.733. The largest absolute Gasteiger partial charge is 0.480 e. The number of hydrogen-bond donors (Lipinski definition) is 2. The van der Waals surface area contributed by atoms with Crippen LogP contribution in [0.15, 0.2) is 0 Å². The van der Waals surface area contributed by atoms with Gasteiger partial charge in [-0.25, -0.2) is 0 Å². The van der Waals surface area contributed by atoms with Crippen LogP contribution in [-0.2, 0) is 4.79 Å². The average molecular weight is 214 g/mol. The van der Waals surface area contributed by atoms with Gasteiger partial charge in [-0.3, -0.25) is 9.69 Å².